The second-order valence-corrected chi connectivity index (χ2v) is 3.86. The van der Waals surface area contributed by atoms with Crippen LogP contribution in [0.15, 0.2) is 11.3 Å². The van der Waals surface area contributed by atoms with Gasteiger partial charge in [-0.2, -0.15) is 0 Å². The zero-order chi connectivity index (χ0) is 7.82. The topological polar surface area (TPSA) is 9.23 Å². The maximum atomic E-state index is 5.45. The van der Waals surface area contributed by atoms with Gasteiger partial charge in [0.15, 0.2) is 9.76 Å². The zero-order valence-electron chi connectivity index (χ0n) is 7.31. The predicted molar refractivity (Wildman–Crippen MR) is 48.8 cm³/mol. The Hall–Kier alpha value is -0.0831. The molecule has 0 amide bonds. The highest BCUT2D eigenvalue weighted by Crippen LogP contribution is 1.89. The van der Waals surface area contributed by atoms with Crippen molar-refractivity contribution >= 4 is 9.76 Å². The number of hydrogen-bond acceptors (Lipinski definition) is 1. The largest absolute Gasteiger partial charge is 0.419 e. The van der Waals surface area contributed by atoms with Crippen LogP contribution in [0, 0.1) is 0 Å². The van der Waals surface area contributed by atoms with Gasteiger partial charge < -0.3 is 4.43 Å². The predicted octanol–water partition coefficient (Wildman–Crippen LogP) is 1.81. The van der Waals surface area contributed by atoms with E-state index in [-0.39, 0.29) is 9.76 Å². The van der Waals surface area contributed by atoms with E-state index in [2.05, 4.69) is 26.5 Å². The Bertz CT molecular complexity index is 95.4. The van der Waals surface area contributed by atoms with Gasteiger partial charge in [0.25, 0.3) is 0 Å². The lowest BCUT2D eigenvalue weighted by Crippen LogP contribution is -1.97. The van der Waals surface area contributed by atoms with Crippen molar-refractivity contribution in [3.8, 4) is 0 Å². The van der Waals surface area contributed by atoms with Crippen molar-refractivity contribution in [3.63, 3.8) is 0 Å². The Morgan fingerprint density at radius 1 is 1.50 bits per heavy atom. The Labute approximate surface area is 66.4 Å². The van der Waals surface area contributed by atoms with Crippen molar-refractivity contribution < 1.29 is 4.43 Å². The molecule has 2 heteroatoms. The highest BCUT2D eigenvalue weighted by Gasteiger charge is 1.83. The van der Waals surface area contributed by atoms with Gasteiger partial charge >= 0.3 is 0 Å². The normalized spacial score (nSPS) is 10.7. The Morgan fingerprint density at radius 2 is 2.20 bits per heavy atom. The second-order valence-electron chi connectivity index (χ2n) is 2.71. The summed E-state index contributed by atoms with van der Waals surface area (Å²) in [5.41, 5.74) is 3.64. The molecular weight excluding hydrogens is 140 g/mol. The molecule has 1 nitrogen and oxygen atoms in total. The highest BCUT2D eigenvalue weighted by molar-refractivity contribution is 6.34. The van der Waals surface area contributed by atoms with Gasteiger partial charge in [0.05, 0.1) is 0 Å². The van der Waals surface area contributed by atoms with E-state index in [4.69, 9.17) is 4.43 Å². The average Bonchev–Trinajstić information content (AvgIpc) is 1.87. The van der Waals surface area contributed by atoms with Crippen LogP contribution >= 0.6 is 0 Å². The van der Waals surface area contributed by atoms with Crippen molar-refractivity contribution in [2.75, 3.05) is 6.61 Å². The van der Waals surface area contributed by atoms with E-state index in [1.54, 1.807) is 0 Å². The quantitative estimate of drug-likeness (QED) is 0.438. The molecule has 0 saturated carbocycles. The maximum absolute atomic E-state index is 5.45. The minimum Gasteiger partial charge on any atom is -0.419 e. The van der Waals surface area contributed by atoms with Gasteiger partial charge in [-0.1, -0.05) is 24.6 Å². The van der Waals surface area contributed by atoms with Crippen LogP contribution < -0.4 is 0 Å². The van der Waals surface area contributed by atoms with Crippen LogP contribution in [0.25, 0.3) is 0 Å². The fourth-order valence-electron chi connectivity index (χ4n) is 0.555. The van der Waals surface area contributed by atoms with E-state index >= 15 is 0 Å². The zero-order valence-corrected chi connectivity index (χ0v) is 8.73. The Kier molecular flexibility index (Phi) is 6.97. The third-order valence-electron chi connectivity index (χ3n) is 1.25. The molecule has 0 aromatic carbocycles. The fraction of sp³-hybridized carbons (Fsp3) is 0.750. The molecule has 0 heterocycles. The molecule has 0 spiro atoms. The van der Waals surface area contributed by atoms with Gasteiger partial charge in [0, 0.05) is 6.61 Å². The first-order valence-electron chi connectivity index (χ1n) is 3.98. The van der Waals surface area contributed by atoms with Crippen molar-refractivity contribution in [2.24, 2.45) is 0 Å². The first-order valence-corrected chi connectivity index (χ1v) is 5.38. The van der Waals surface area contributed by atoms with E-state index in [9.17, 15) is 0 Å². The van der Waals surface area contributed by atoms with Crippen LogP contribution in [-0.2, 0) is 4.43 Å². The highest BCUT2D eigenvalue weighted by atomic mass is 28.2. The fourth-order valence-corrected chi connectivity index (χ4v) is 1.38. The second kappa shape index (κ2) is 7.03. The van der Waals surface area contributed by atoms with E-state index in [1.165, 1.54) is 18.4 Å². The van der Waals surface area contributed by atoms with Gasteiger partial charge in [-0.15, -0.1) is 0 Å². The van der Waals surface area contributed by atoms with Crippen LogP contribution in [0.2, 0.25) is 0 Å². The SMILES string of the molecule is CCCCO[SiH2]C=C(C)C. The van der Waals surface area contributed by atoms with E-state index in [0.717, 1.165) is 6.61 Å². The smallest absolute Gasteiger partial charge is 0.185 e. The third kappa shape index (κ3) is 7.92. The summed E-state index contributed by atoms with van der Waals surface area (Å²) in [6, 6.07) is 0. The summed E-state index contributed by atoms with van der Waals surface area (Å²) in [5.74, 6) is 0. The lowest BCUT2D eigenvalue weighted by Gasteiger charge is -1.97. The summed E-state index contributed by atoms with van der Waals surface area (Å²) in [6.45, 7) is 7.39. The third-order valence-corrected chi connectivity index (χ3v) is 2.76. The number of unbranched alkanes of at least 4 members (excludes halogenated alkanes) is 1. The molecule has 0 aromatic rings. The summed E-state index contributed by atoms with van der Waals surface area (Å²) in [6.07, 6.45) is 2.45. The van der Waals surface area contributed by atoms with Crippen molar-refractivity contribution in [2.45, 2.75) is 33.6 Å². The lowest BCUT2D eigenvalue weighted by molar-refractivity contribution is 0.331. The van der Waals surface area contributed by atoms with Crippen molar-refractivity contribution in [3.05, 3.63) is 11.3 Å². The molecule has 0 aliphatic rings. The van der Waals surface area contributed by atoms with Gasteiger partial charge in [-0.3, -0.25) is 0 Å². The molecular formula is C8H18OSi. The Balaban J connectivity index is 2.98. The van der Waals surface area contributed by atoms with Gasteiger partial charge in [0.1, 0.15) is 0 Å². The molecule has 0 fully saturated rings. The molecule has 0 radical (unpaired) electrons. The summed E-state index contributed by atoms with van der Waals surface area (Å²) in [5, 5.41) is 0. The lowest BCUT2D eigenvalue weighted by atomic mass is 10.4. The molecule has 0 atom stereocenters. The Morgan fingerprint density at radius 3 is 2.70 bits per heavy atom. The van der Waals surface area contributed by atoms with E-state index in [1.807, 2.05) is 0 Å². The average molecular weight is 158 g/mol. The minimum atomic E-state index is -0.319. The number of rotatable bonds is 5. The van der Waals surface area contributed by atoms with E-state index in [0.29, 0.717) is 0 Å². The number of allylic oxidation sites excluding steroid dienone is 1. The van der Waals surface area contributed by atoms with Gasteiger partial charge in [-0.05, 0) is 20.3 Å². The van der Waals surface area contributed by atoms with E-state index < -0.39 is 0 Å². The van der Waals surface area contributed by atoms with Gasteiger partial charge in [-0.25, -0.2) is 0 Å². The molecule has 0 aromatic heterocycles. The summed E-state index contributed by atoms with van der Waals surface area (Å²) >= 11 is 0. The minimum absolute atomic E-state index is 0.319. The summed E-state index contributed by atoms with van der Waals surface area (Å²) in [4.78, 5) is 0. The van der Waals surface area contributed by atoms with Gasteiger partial charge in [0.2, 0.25) is 0 Å². The molecule has 0 bridgehead atoms. The summed E-state index contributed by atoms with van der Waals surface area (Å²) < 4.78 is 5.45. The first-order chi connectivity index (χ1) is 4.77. The molecule has 0 rings (SSSR count). The van der Waals surface area contributed by atoms with Crippen molar-refractivity contribution in [1.82, 2.24) is 0 Å². The monoisotopic (exact) mass is 158 g/mol. The molecule has 0 unspecified atom stereocenters. The maximum Gasteiger partial charge on any atom is 0.185 e. The van der Waals surface area contributed by atoms with Crippen LogP contribution in [0.1, 0.15) is 33.6 Å². The van der Waals surface area contributed by atoms with Crippen molar-refractivity contribution in [1.29, 1.82) is 0 Å². The molecule has 0 N–H and O–H groups in total. The van der Waals surface area contributed by atoms with Crippen LogP contribution in [0.5, 0.6) is 0 Å². The number of hydrogen-bond donors (Lipinski definition) is 0. The standard InChI is InChI=1S/C8H18OSi/c1-4-5-6-9-10-7-8(2)3/h7H,4-6,10H2,1-3H3. The molecule has 0 aliphatic heterocycles. The molecule has 0 aliphatic carbocycles. The molecule has 10 heavy (non-hydrogen) atoms. The van der Waals surface area contributed by atoms with Crippen LogP contribution in [0.3, 0.4) is 0 Å². The molecule has 0 saturated heterocycles. The first kappa shape index (κ1) is 9.92. The molecule has 60 valence electrons. The summed E-state index contributed by atoms with van der Waals surface area (Å²) in [7, 11) is -0.319. The van der Waals surface area contributed by atoms with Crippen LogP contribution in [-0.4, -0.2) is 16.4 Å². The van der Waals surface area contributed by atoms with Crippen LogP contribution in [0.4, 0.5) is 0 Å².